The van der Waals surface area contributed by atoms with E-state index >= 15 is 0 Å². The molecular weight excluding hydrogens is 407 g/mol. The van der Waals surface area contributed by atoms with Crippen LogP contribution in [0.4, 0.5) is 4.39 Å². The number of hydrogen-bond donors (Lipinski definition) is 0. The molecule has 23 heavy (non-hydrogen) atoms. The third kappa shape index (κ3) is 2.35. The van der Waals surface area contributed by atoms with Gasteiger partial charge < -0.3 is 0 Å². The predicted molar refractivity (Wildman–Crippen MR) is 89.0 cm³/mol. The zero-order chi connectivity index (χ0) is 16.1. The van der Waals surface area contributed by atoms with Gasteiger partial charge in [0.15, 0.2) is 5.01 Å². The highest BCUT2D eigenvalue weighted by Crippen LogP contribution is 2.32. The zero-order valence-electron chi connectivity index (χ0n) is 11.5. The summed E-state index contributed by atoms with van der Waals surface area (Å²) in [6.07, 6.45) is 1.53. The number of benzene rings is 1. The lowest BCUT2D eigenvalue weighted by molar-refractivity contribution is 0.630. The molecule has 0 radical (unpaired) electrons. The lowest BCUT2D eigenvalue weighted by Gasteiger charge is -2.00. The molecule has 3 heterocycles. The van der Waals surface area contributed by atoms with Gasteiger partial charge in [-0.1, -0.05) is 38.9 Å². The molecule has 0 amide bonds. The predicted octanol–water partition coefficient (Wildman–Crippen LogP) is 3.81. The van der Waals surface area contributed by atoms with Crippen LogP contribution >= 0.6 is 38.9 Å². The molecule has 0 bridgehead atoms. The van der Waals surface area contributed by atoms with Crippen molar-refractivity contribution in [3.8, 4) is 22.1 Å². The summed E-state index contributed by atoms with van der Waals surface area (Å²) in [5, 5.41) is 17.7. The highest BCUT2D eigenvalue weighted by molar-refractivity contribution is 9.10. The SMILES string of the molecule is Cn1ncc(Cl)c1-c1nnc2sc(-c3cc(Br)ccc3F)nn12. The van der Waals surface area contributed by atoms with Crippen LogP contribution in [0.5, 0.6) is 0 Å². The highest BCUT2D eigenvalue weighted by atomic mass is 79.9. The number of nitrogens with zero attached hydrogens (tertiary/aromatic N) is 6. The van der Waals surface area contributed by atoms with E-state index in [1.54, 1.807) is 28.4 Å². The van der Waals surface area contributed by atoms with Gasteiger partial charge in [0.05, 0.1) is 11.2 Å². The molecule has 0 aliphatic carbocycles. The van der Waals surface area contributed by atoms with Gasteiger partial charge in [-0.25, -0.2) is 4.39 Å². The topological polar surface area (TPSA) is 60.9 Å². The van der Waals surface area contributed by atoms with Crippen LogP contribution in [0, 0.1) is 5.82 Å². The van der Waals surface area contributed by atoms with Crippen molar-refractivity contribution in [3.63, 3.8) is 0 Å². The van der Waals surface area contributed by atoms with Crippen molar-refractivity contribution in [2.45, 2.75) is 0 Å². The molecule has 0 spiro atoms. The van der Waals surface area contributed by atoms with Gasteiger partial charge in [0, 0.05) is 17.1 Å². The van der Waals surface area contributed by atoms with E-state index in [0.717, 1.165) is 4.47 Å². The lowest BCUT2D eigenvalue weighted by Crippen LogP contribution is -1.99. The Morgan fingerprint density at radius 3 is 2.87 bits per heavy atom. The van der Waals surface area contributed by atoms with Crippen LogP contribution in [0.2, 0.25) is 5.02 Å². The standard InChI is InChI=1S/C13H7BrClFN6S/c1-21-10(8(15)5-17-21)11-18-19-13-22(11)20-12(23-13)7-4-6(14)2-3-9(7)16/h2-5H,1H3. The van der Waals surface area contributed by atoms with Gasteiger partial charge in [-0.15, -0.1) is 10.2 Å². The van der Waals surface area contributed by atoms with E-state index in [1.807, 2.05) is 0 Å². The summed E-state index contributed by atoms with van der Waals surface area (Å²) in [5.74, 6) is 0.112. The largest absolute Gasteiger partial charge is 0.263 e. The van der Waals surface area contributed by atoms with Crippen molar-refractivity contribution in [1.82, 2.24) is 29.6 Å². The van der Waals surface area contributed by atoms with Crippen LogP contribution in [0.3, 0.4) is 0 Å². The Bertz CT molecular complexity index is 1020. The maximum atomic E-state index is 14.1. The molecule has 0 N–H and O–H groups in total. The quantitative estimate of drug-likeness (QED) is 0.501. The van der Waals surface area contributed by atoms with Gasteiger partial charge in [-0.3, -0.25) is 4.68 Å². The van der Waals surface area contributed by atoms with E-state index < -0.39 is 0 Å². The Balaban J connectivity index is 1.92. The second kappa shape index (κ2) is 5.36. The van der Waals surface area contributed by atoms with E-state index in [1.165, 1.54) is 23.6 Å². The third-order valence-electron chi connectivity index (χ3n) is 3.26. The number of halogens is 3. The van der Waals surface area contributed by atoms with E-state index in [-0.39, 0.29) is 5.82 Å². The minimum atomic E-state index is -0.349. The monoisotopic (exact) mass is 412 g/mol. The first kappa shape index (κ1) is 14.7. The number of rotatable bonds is 2. The van der Waals surface area contributed by atoms with E-state index in [9.17, 15) is 4.39 Å². The van der Waals surface area contributed by atoms with Crippen molar-refractivity contribution in [2.24, 2.45) is 7.05 Å². The molecule has 4 rings (SSSR count). The Kier molecular flexibility index (Phi) is 3.43. The summed E-state index contributed by atoms with van der Waals surface area (Å²) >= 11 is 10.7. The van der Waals surface area contributed by atoms with Gasteiger partial charge in [0.1, 0.15) is 11.5 Å². The zero-order valence-corrected chi connectivity index (χ0v) is 14.7. The van der Waals surface area contributed by atoms with E-state index in [0.29, 0.717) is 32.1 Å². The summed E-state index contributed by atoms with van der Waals surface area (Å²) in [4.78, 5) is 0.548. The van der Waals surface area contributed by atoms with Gasteiger partial charge in [-0.05, 0) is 18.2 Å². The molecule has 1 aromatic carbocycles. The van der Waals surface area contributed by atoms with Crippen LogP contribution in [0.15, 0.2) is 28.9 Å². The van der Waals surface area contributed by atoms with Gasteiger partial charge in [0.2, 0.25) is 10.8 Å². The van der Waals surface area contributed by atoms with Crippen LogP contribution in [-0.4, -0.2) is 29.6 Å². The minimum absolute atomic E-state index is 0.349. The molecular formula is C13H7BrClFN6S. The van der Waals surface area contributed by atoms with Crippen molar-refractivity contribution in [3.05, 3.63) is 39.7 Å². The first-order valence-corrected chi connectivity index (χ1v) is 8.39. The van der Waals surface area contributed by atoms with Crippen molar-refractivity contribution < 1.29 is 4.39 Å². The number of hydrogen-bond acceptors (Lipinski definition) is 5. The molecule has 0 fully saturated rings. The fourth-order valence-electron chi connectivity index (χ4n) is 2.20. The van der Waals surface area contributed by atoms with Gasteiger partial charge in [0.25, 0.3) is 0 Å². The van der Waals surface area contributed by atoms with Crippen LogP contribution in [-0.2, 0) is 7.05 Å². The normalized spacial score (nSPS) is 11.5. The molecule has 0 atom stereocenters. The highest BCUT2D eigenvalue weighted by Gasteiger charge is 2.20. The van der Waals surface area contributed by atoms with Crippen LogP contribution < -0.4 is 0 Å². The minimum Gasteiger partial charge on any atom is -0.263 e. The van der Waals surface area contributed by atoms with E-state index in [2.05, 4.69) is 36.3 Å². The maximum Gasteiger partial charge on any atom is 0.235 e. The van der Waals surface area contributed by atoms with Crippen molar-refractivity contribution in [2.75, 3.05) is 0 Å². The summed E-state index contributed by atoms with van der Waals surface area (Å²) in [7, 11) is 1.75. The molecule has 0 aliphatic heterocycles. The smallest absolute Gasteiger partial charge is 0.235 e. The maximum absolute atomic E-state index is 14.1. The van der Waals surface area contributed by atoms with Crippen molar-refractivity contribution in [1.29, 1.82) is 0 Å². The second-order valence-corrected chi connectivity index (χ2v) is 6.99. The molecule has 0 unspecified atom stereocenters. The molecule has 0 saturated heterocycles. The second-order valence-electron chi connectivity index (χ2n) is 4.71. The summed E-state index contributed by atoms with van der Waals surface area (Å²) in [5.41, 5.74) is 1.00. The number of aromatic nitrogens is 6. The summed E-state index contributed by atoms with van der Waals surface area (Å²) in [6, 6.07) is 4.71. The Morgan fingerprint density at radius 1 is 1.30 bits per heavy atom. The van der Waals surface area contributed by atoms with Crippen LogP contribution in [0.1, 0.15) is 0 Å². The van der Waals surface area contributed by atoms with Crippen LogP contribution in [0.25, 0.3) is 27.1 Å². The van der Waals surface area contributed by atoms with Gasteiger partial charge >= 0.3 is 0 Å². The van der Waals surface area contributed by atoms with Gasteiger partial charge in [-0.2, -0.15) is 14.7 Å². The molecule has 6 nitrogen and oxygen atoms in total. The lowest BCUT2D eigenvalue weighted by atomic mass is 10.2. The third-order valence-corrected chi connectivity index (χ3v) is 4.96. The molecule has 10 heteroatoms. The molecule has 3 aromatic heterocycles. The average molecular weight is 414 g/mol. The summed E-state index contributed by atoms with van der Waals surface area (Å²) in [6.45, 7) is 0. The fraction of sp³-hybridized carbons (Fsp3) is 0.0769. The fourth-order valence-corrected chi connectivity index (χ4v) is 3.67. The molecule has 4 aromatic rings. The Morgan fingerprint density at radius 2 is 2.13 bits per heavy atom. The Hall–Kier alpha value is -1.84. The first-order chi connectivity index (χ1) is 11.0. The molecule has 0 saturated carbocycles. The number of aryl methyl sites for hydroxylation is 1. The summed E-state index contributed by atoms with van der Waals surface area (Å²) < 4.78 is 18.0. The van der Waals surface area contributed by atoms with Crippen molar-refractivity contribution >= 4 is 43.8 Å². The Labute approximate surface area is 146 Å². The average Bonchev–Trinajstić information content (AvgIpc) is 3.17. The van der Waals surface area contributed by atoms with E-state index in [4.69, 9.17) is 11.6 Å². The first-order valence-electron chi connectivity index (χ1n) is 6.40. The molecule has 116 valence electrons. The molecule has 0 aliphatic rings. The number of fused-ring (bicyclic) bond motifs is 1.